The minimum absolute atomic E-state index is 0.0238. The van der Waals surface area contributed by atoms with E-state index in [4.69, 9.17) is 0 Å². The van der Waals surface area contributed by atoms with Crippen molar-refractivity contribution in [2.24, 2.45) is 11.8 Å². The van der Waals surface area contributed by atoms with Crippen LogP contribution in [0, 0.1) is 23.2 Å². The number of hydrogen-bond donors (Lipinski definition) is 0. The van der Waals surface area contributed by atoms with Crippen molar-refractivity contribution in [1.29, 1.82) is 5.26 Å². The Hall–Kier alpha value is -6.77. The Morgan fingerprint density at radius 3 is 1.13 bits per heavy atom. The van der Waals surface area contributed by atoms with Gasteiger partial charge in [-0.05, 0) is 82.9 Å². The number of benzene rings is 7. The van der Waals surface area contributed by atoms with Crippen LogP contribution in [0.2, 0.25) is 0 Å². The largest absolute Gasteiger partial charge is 0.318 e. The number of para-hydroxylation sites is 4. The smallest absolute Gasteiger partial charge is 0.114 e. The summed E-state index contributed by atoms with van der Waals surface area (Å²) in [5.74, 6) is 0.702. The van der Waals surface area contributed by atoms with Gasteiger partial charge in [0.15, 0.2) is 0 Å². The van der Waals surface area contributed by atoms with Gasteiger partial charge in [0.2, 0.25) is 0 Å². The van der Waals surface area contributed by atoms with Crippen LogP contribution in [-0.2, 0) is 0 Å². The molecule has 7 aromatic carbocycles. The van der Waals surface area contributed by atoms with Gasteiger partial charge in [-0.15, -0.1) is 0 Å². The molecule has 0 amide bonds. The fraction of sp³-hybridized carbons (Fsp3) is 0.140. The zero-order valence-electron chi connectivity index (χ0n) is 30.8. The van der Waals surface area contributed by atoms with Gasteiger partial charge in [-0.25, -0.2) is 0 Å². The van der Waals surface area contributed by atoms with E-state index in [1.807, 2.05) is 0 Å². The van der Waals surface area contributed by atoms with Crippen molar-refractivity contribution in [3.63, 3.8) is 0 Å². The van der Waals surface area contributed by atoms with Crippen molar-refractivity contribution in [3.05, 3.63) is 181 Å². The van der Waals surface area contributed by atoms with Crippen LogP contribution in [0.5, 0.6) is 0 Å². The standard InChI is InChI=1S/C50H39N5/c1-32-47-33(2)50-53(40-27-23-38(24-28-40)36-15-7-4-8-16-36)42-18-10-12-20-44(42)55(50)46-30-34(31-51)29-45(48(46)47)54-43-19-11-9-17-41(43)52(49(32)54)39-25-21-37(22-26-39)35-13-5-3-6-14-35/h3-30,32-33,47,49-50H,1-2H3. The van der Waals surface area contributed by atoms with E-state index >= 15 is 0 Å². The first kappa shape index (κ1) is 31.7. The predicted molar refractivity (Wildman–Crippen MR) is 225 cm³/mol. The quantitative estimate of drug-likeness (QED) is 0.182. The molecule has 11 rings (SSSR count). The van der Waals surface area contributed by atoms with Crippen molar-refractivity contribution in [1.82, 2.24) is 0 Å². The molecule has 4 aliphatic rings. The van der Waals surface area contributed by atoms with Crippen LogP contribution in [0.15, 0.2) is 170 Å². The van der Waals surface area contributed by atoms with E-state index in [0.29, 0.717) is 5.56 Å². The molecule has 0 N–H and O–H groups in total. The summed E-state index contributed by atoms with van der Waals surface area (Å²) in [7, 11) is 0. The Balaban J connectivity index is 1.07. The summed E-state index contributed by atoms with van der Waals surface area (Å²) in [5.41, 5.74) is 16.2. The lowest BCUT2D eigenvalue weighted by Gasteiger charge is -2.54. The Morgan fingerprint density at radius 2 is 0.745 bits per heavy atom. The van der Waals surface area contributed by atoms with Gasteiger partial charge in [-0.1, -0.05) is 123 Å². The third kappa shape index (κ3) is 4.58. The van der Waals surface area contributed by atoms with Gasteiger partial charge in [-0.2, -0.15) is 5.26 Å². The first-order valence-corrected chi connectivity index (χ1v) is 19.3. The summed E-state index contributed by atoms with van der Waals surface area (Å²) in [6, 6.07) is 63.8. The van der Waals surface area contributed by atoms with Crippen molar-refractivity contribution in [2.45, 2.75) is 32.1 Å². The third-order valence-corrected chi connectivity index (χ3v) is 12.6. The lowest BCUT2D eigenvalue weighted by atomic mass is 9.68. The van der Waals surface area contributed by atoms with Crippen LogP contribution in [0.25, 0.3) is 22.3 Å². The Kier molecular flexibility index (Phi) is 7.00. The van der Waals surface area contributed by atoms with Crippen LogP contribution in [0.3, 0.4) is 0 Å². The van der Waals surface area contributed by atoms with Gasteiger partial charge in [0.25, 0.3) is 0 Å². The molecule has 0 aromatic heterocycles. The fourth-order valence-corrected chi connectivity index (χ4v) is 10.3. The average molecular weight is 710 g/mol. The van der Waals surface area contributed by atoms with Gasteiger partial charge in [0.05, 0.1) is 45.8 Å². The zero-order valence-corrected chi connectivity index (χ0v) is 30.8. The highest BCUT2D eigenvalue weighted by Crippen LogP contribution is 2.65. The van der Waals surface area contributed by atoms with Crippen LogP contribution in [-0.4, -0.2) is 12.3 Å². The van der Waals surface area contributed by atoms with E-state index in [1.165, 1.54) is 61.9 Å². The highest BCUT2D eigenvalue weighted by molar-refractivity contribution is 5.96. The van der Waals surface area contributed by atoms with Crippen LogP contribution < -0.4 is 19.6 Å². The van der Waals surface area contributed by atoms with E-state index in [-0.39, 0.29) is 30.1 Å². The summed E-state index contributed by atoms with van der Waals surface area (Å²) in [4.78, 5) is 10.2. The van der Waals surface area contributed by atoms with Gasteiger partial charge < -0.3 is 19.6 Å². The van der Waals surface area contributed by atoms with Gasteiger partial charge in [0, 0.05) is 34.7 Å². The fourth-order valence-electron chi connectivity index (χ4n) is 10.3. The summed E-state index contributed by atoms with van der Waals surface area (Å²) in [6.07, 6.45) is 0.0475. The molecule has 0 aliphatic carbocycles. The molecule has 5 nitrogen and oxygen atoms in total. The molecular weight excluding hydrogens is 671 g/mol. The molecule has 4 heterocycles. The van der Waals surface area contributed by atoms with E-state index in [9.17, 15) is 5.26 Å². The number of rotatable bonds is 4. The molecule has 0 saturated heterocycles. The summed E-state index contributed by atoms with van der Waals surface area (Å²) in [6.45, 7) is 4.91. The average Bonchev–Trinajstić information content (AvgIpc) is 3.79. The summed E-state index contributed by atoms with van der Waals surface area (Å²) in [5, 5.41) is 10.6. The topological polar surface area (TPSA) is 36.8 Å². The van der Waals surface area contributed by atoms with Crippen LogP contribution in [0.1, 0.15) is 30.9 Å². The maximum absolute atomic E-state index is 10.6. The number of hydrogen-bond acceptors (Lipinski definition) is 5. The molecule has 7 aromatic rings. The molecule has 0 fully saturated rings. The summed E-state index contributed by atoms with van der Waals surface area (Å²) < 4.78 is 0. The first-order chi connectivity index (χ1) is 27.1. The predicted octanol–water partition coefficient (Wildman–Crippen LogP) is 12.5. The van der Waals surface area contributed by atoms with Crippen molar-refractivity contribution in [2.75, 3.05) is 19.6 Å². The maximum atomic E-state index is 10.6. The van der Waals surface area contributed by atoms with Gasteiger partial charge in [0.1, 0.15) is 12.3 Å². The molecule has 55 heavy (non-hydrogen) atoms. The van der Waals surface area contributed by atoms with E-state index in [0.717, 1.165) is 11.4 Å². The molecule has 264 valence electrons. The second-order valence-electron chi connectivity index (χ2n) is 15.4. The first-order valence-electron chi connectivity index (χ1n) is 19.3. The monoisotopic (exact) mass is 709 g/mol. The molecule has 5 heteroatoms. The number of nitriles is 1. The molecule has 0 spiro atoms. The normalized spacial score (nSPS) is 21.3. The molecule has 0 radical (unpaired) electrons. The zero-order chi connectivity index (χ0) is 36.8. The van der Waals surface area contributed by atoms with E-state index < -0.39 is 0 Å². The lowest BCUT2D eigenvalue weighted by Crippen LogP contribution is -2.56. The molecule has 0 bridgehead atoms. The number of nitrogens with zero attached hydrogens (tertiary/aromatic N) is 5. The Labute approximate surface area is 322 Å². The lowest BCUT2D eigenvalue weighted by molar-refractivity contribution is 0.254. The van der Waals surface area contributed by atoms with Gasteiger partial charge in [-0.3, -0.25) is 0 Å². The molecule has 0 saturated carbocycles. The maximum Gasteiger partial charge on any atom is 0.114 e. The molecule has 4 atom stereocenters. The van der Waals surface area contributed by atoms with Gasteiger partial charge >= 0.3 is 0 Å². The summed E-state index contributed by atoms with van der Waals surface area (Å²) >= 11 is 0. The number of fused-ring (bicyclic) bond motifs is 8. The highest BCUT2D eigenvalue weighted by atomic mass is 15.5. The van der Waals surface area contributed by atoms with Crippen LogP contribution in [0.4, 0.5) is 45.5 Å². The molecule has 4 aliphatic heterocycles. The Bertz CT molecular complexity index is 2460. The highest BCUT2D eigenvalue weighted by Gasteiger charge is 2.57. The number of anilines is 8. The van der Waals surface area contributed by atoms with E-state index in [1.54, 1.807) is 0 Å². The second kappa shape index (κ2) is 12.1. The minimum atomic E-state index is 0.0238. The van der Waals surface area contributed by atoms with Crippen molar-refractivity contribution in [3.8, 4) is 28.3 Å². The van der Waals surface area contributed by atoms with Crippen molar-refractivity contribution >= 4 is 45.5 Å². The SMILES string of the molecule is CC1C2c3c(cc(C#N)cc3N3c4ccccc4N(c4ccc(-c5ccccc5)cc4)C3C2C)N2c3ccccc3N(c3ccc(-c4ccccc4)cc3)C12. The van der Waals surface area contributed by atoms with E-state index in [2.05, 4.69) is 209 Å². The second-order valence-corrected chi connectivity index (χ2v) is 15.4. The molecular formula is C50H39N5. The van der Waals surface area contributed by atoms with Crippen LogP contribution >= 0.6 is 0 Å². The molecule has 4 unspecified atom stereocenters. The minimum Gasteiger partial charge on any atom is -0.318 e. The third-order valence-electron chi connectivity index (χ3n) is 12.6. The van der Waals surface area contributed by atoms with Crippen molar-refractivity contribution < 1.29 is 0 Å². The Morgan fingerprint density at radius 1 is 0.400 bits per heavy atom.